The van der Waals surface area contributed by atoms with Gasteiger partial charge in [0.1, 0.15) is 0 Å². The highest BCUT2D eigenvalue weighted by atomic mass is 16.2. The molecule has 1 aliphatic carbocycles. The average molecular weight is 212 g/mol. The summed E-state index contributed by atoms with van der Waals surface area (Å²) in [4.78, 5) is 12.1. The predicted molar refractivity (Wildman–Crippen MR) is 62.4 cm³/mol. The van der Waals surface area contributed by atoms with Crippen molar-refractivity contribution in [1.82, 2.24) is 5.32 Å². The van der Waals surface area contributed by atoms with Gasteiger partial charge >= 0.3 is 0 Å². The fourth-order valence-electron chi connectivity index (χ4n) is 2.01. The Morgan fingerprint density at radius 3 is 2.47 bits per heavy atom. The number of nitrogens with two attached hydrogens (primary N) is 1. The standard InChI is InChI=1S/C12H24N2O/c1-8(2)9(3)14-11(15)12(4)7-5-6-10(12)13/h8-10H,5-7,13H2,1-4H3,(H,14,15). The Kier molecular flexibility index (Phi) is 3.77. The minimum atomic E-state index is -0.344. The number of nitrogens with one attached hydrogen (secondary N) is 1. The lowest BCUT2D eigenvalue weighted by Crippen LogP contribution is -2.50. The molecule has 0 spiro atoms. The second-order valence-corrected chi connectivity index (χ2v) is 5.42. The zero-order chi connectivity index (χ0) is 11.6. The van der Waals surface area contributed by atoms with Crippen LogP contribution in [-0.2, 0) is 4.79 Å². The van der Waals surface area contributed by atoms with E-state index in [1.165, 1.54) is 0 Å². The highest BCUT2D eigenvalue weighted by molar-refractivity contribution is 5.83. The number of carbonyl (C=O) groups excluding carboxylic acids is 1. The largest absolute Gasteiger partial charge is 0.353 e. The van der Waals surface area contributed by atoms with Crippen LogP contribution in [0.1, 0.15) is 47.0 Å². The number of rotatable bonds is 3. The van der Waals surface area contributed by atoms with Gasteiger partial charge in [0.25, 0.3) is 0 Å². The van der Waals surface area contributed by atoms with Gasteiger partial charge in [-0.2, -0.15) is 0 Å². The zero-order valence-corrected chi connectivity index (χ0v) is 10.3. The molecule has 3 nitrogen and oxygen atoms in total. The summed E-state index contributed by atoms with van der Waals surface area (Å²) in [7, 11) is 0. The third-order valence-corrected chi connectivity index (χ3v) is 3.91. The van der Waals surface area contributed by atoms with Crippen molar-refractivity contribution < 1.29 is 4.79 Å². The first-order chi connectivity index (χ1) is 6.88. The summed E-state index contributed by atoms with van der Waals surface area (Å²) in [5.74, 6) is 0.601. The average Bonchev–Trinajstić information content (AvgIpc) is 2.48. The van der Waals surface area contributed by atoms with E-state index in [-0.39, 0.29) is 23.4 Å². The van der Waals surface area contributed by atoms with Crippen LogP contribution in [-0.4, -0.2) is 18.0 Å². The summed E-state index contributed by atoms with van der Waals surface area (Å²) in [6, 6.07) is 0.249. The van der Waals surface area contributed by atoms with Crippen LogP contribution in [0.2, 0.25) is 0 Å². The van der Waals surface area contributed by atoms with Gasteiger partial charge < -0.3 is 11.1 Å². The number of carbonyl (C=O) groups is 1. The maximum Gasteiger partial charge on any atom is 0.227 e. The van der Waals surface area contributed by atoms with E-state index in [1.54, 1.807) is 0 Å². The van der Waals surface area contributed by atoms with Crippen LogP contribution in [0, 0.1) is 11.3 Å². The summed E-state index contributed by atoms with van der Waals surface area (Å²) in [6.07, 6.45) is 2.96. The summed E-state index contributed by atoms with van der Waals surface area (Å²) in [5.41, 5.74) is 5.66. The van der Waals surface area contributed by atoms with Crippen LogP contribution >= 0.6 is 0 Å². The number of amides is 1. The molecule has 3 heteroatoms. The molecule has 0 radical (unpaired) electrons. The zero-order valence-electron chi connectivity index (χ0n) is 10.3. The maximum atomic E-state index is 12.1. The fourth-order valence-corrected chi connectivity index (χ4v) is 2.01. The normalized spacial score (nSPS) is 33.1. The monoisotopic (exact) mass is 212 g/mol. The first kappa shape index (κ1) is 12.5. The molecule has 0 saturated heterocycles. The predicted octanol–water partition coefficient (Wildman–Crippen LogP) is 1.66. The highest BCUT2D eigenvalue weighted by Gasteiger charge is 2.43. The third-order valence-electron chi connectivity index (χ3n) is 3.91. The van der Waals surface area contributed by atoms with E-state index in [1.807, 2.05) is 13.8 Å². The molecule has 1 rings (SSSR count). The Morgan fingerprint density at radius 1 is 1.47 bits per heavy atom. The Balaban J connectivity index is 2.60. The van der Waals surface area contributed by atoms with Crippen molar-refractivity contribution in [3.63, 3.8) is 0 Å². The molecule has 1 amide bonds. The summed E-state index contributed by atoms with van der Waals surface area (Å²) < 4.78 is 0. The molecule has 1 saturated carbocycles. The van der Waals surface area contributed by atoms with Crippen molar-refractivity contribution in [2.24, 2.45) is 17.1 Å². The number of hydrogen-bond acceptors (Lipinski definition) is 2. The van der Waals surface area contributed by atoms with Crippen LogP contribution in [0.4, 0.5) is 0 Å². The van der Waals surface area contributed by atoms with Gasteiger partial charge in [0.05, 0.1) is 5.41 Å². The molecule has 0 aliphatic heterocycles. The molecule has 1 aliphatic rings. The highest BCUT2D eigenvalue weighted by Crippen LogP contribution is 2.36. The van der Waals surface area contributed by atoms with Gasteiger partial charge in [-0.1, -0.05) is 20.3 Å². The lowest BCUT2D eigenvalue weighted by atomic mass is 9.83. The summed E-state index contributed by atoms with van der Waals surface area (Å²) in [5, 5.41) is 3.07. The molecule has 3 N–H and O–H groups in total. The smallest absolute Gasteiger partial charge is 0.227 e. The molecule has 0 aromatic rings. The molecule has 15 heavy (non-hydrogen) atoms. The van der Waals surface area contributed by atoms with Gasteiger partial charge in [-0.3, -0.25) is 4.79 Å². The van der Waals surface area contributed by atoms with Gasteiger partial charge in [-0.05, 0) is 32.6 Å². The first-order valence-electron chi connectivity index (χ1n) is 5.94. The van der Waals surface area contributed by atoms with Crippen molar-refractivity contribution in [2.75, 3.05) is 0 Å². The van der Waals surface area contributed by atoms with Crippen molar-refractivity contribution in [2.45, 2.75) is 59.0 Å². The van der Waals surface area contributed by atoms with E-state index in [0.717, 1.165) is 19.3 Å². The van der Waals surface area contributed by atoms with Gasteiger partial charge in [-0.15, -0.1) is 0 Å². The van der Waals surface area contributed by atoms with Crippen LogP contribution in [0.25, 0.3) is 0 Å². The third kappa shape index (κ3) is 2.51. The minimum absolute atomic E-state index is 0.0249. The van der Waals surface area contributed by atoms with E-state index < -0.39 is 0 Å². The van der Waals surface area contributed by atoms with E-state index in [4.69, 9.17) is 5.73 Å². The Morgan fingerprint density at radius 2 is 2.07 bits per heavy atom. The molecule has 0 bridgehead atoms. The van der Waals surface area contributed by atoms with Gasteiger partial charge in [0.15, 0.2) is 0 Å². The molecule has 1 fully saturated rings. The van der Waals surface area contributed by atoms with E-state index in [9.17, 15) is 4.79 Å². The second kappa shape index (κ2) is 4.52. The Bertz CT molecular complexity index is 240. The minimum Gasteiger partial charge on any atom is -0.353 e. The van der Waals surface area contributed by atoms with Crippen LogP contribution in [0.15, 0.2) is 0 Å². The van der Waals surface area contributed by atoms with Gasteiger partial charge in [-0.25, -0.2) is 0 Å². The Hall–Kier alpha value is -0.570. The van der Waals surface area contributed by atoms with E-state index in [0.29, 0.717) is 5.92 Å². The van der Waals surface area contributed by atoms with Gasteiger partial charge in [0, 0.05) is 12.1 Å². The molecule has 0 aromatic heterocycles. The van der Waals surface area contributed by atoms with E-state index in [2.05, 4.69) is 19.2 Å². The molecule has 0 heterocycles. The Labute approximate surface area is 92.8 Å². The molecule has 88 valence electrons. The summed E-state index contributed by atoms with van der Waals surface area (Å²) in [6.45, 7) is 8.27. The van der Waals surface area contributed by atoms with Crippen LogP contribution < -0.4 is 11.1 Å². The van der Waals surface area contributed by atoms with E-state index >= 15 is 0 Å². The maximum absolute atomic E-state index is 12.1. The molecule has 3 unspecified atom stereocenters. The van der Waals surface area contributed by atoms with Crippen LogP contribution in [0.3, 0.4) is 0 Å². The SMILES string of the molecule is CC(C)C(C)NC(=O)C1(C)CCCC1N. The number of hydrogen-bond donors (Lipinski definition) is 2. The van der Waals surface area contributed by atoms with Crippen molar-refractivity contribution in [1.29, 1.82) is 0 Å². The van der Waals surface area contributed by atoms with Crippen LogP contribution in [0.5, 0.6) is 0 Å². The summed E-state index contributed by atoms with van der Waals surface area (Å²) >= 11 is 0. The topological polar surface area (TPSA) is 55.1 Å². The van der Waals surface area contributed by atoms with Crippen molar-refractivity contribution in [3.8, 4) is 0 Å². The first-order valence-corrected chi connectivity index (χ1v) is 5.94. The lowest BCUT2D eigenvalue weighted by Gasteiger charge is -2.30. The molecular weight excluding hydrogens is 188 g/mol. The fraction of sp³-hybridized carbons (Fsp3) is 0.917. The van der Waals surface area contributed by atoms with Gasteiger partial charge in [0.2, 0.25) is 5.91 Å². The lowest BCUT2D eigenvalue weighted by molar-refractivity contribution is -0.131. The van der Waals surface area contributed by atoms with Crippen molar-refractivity contribution >= 4 is 5.91 Å². The molecule has 0 aromatic carbocycles. The second-order valence-electron chi connectivity index (χ2n) is 5.42. The van der Waals surface area contributed by atoms with Crippen molar-refractivity contribution in [3.05, 3.63) is 0 Å². The molecular formula is C12H24N2O. The quantitative estimate of drug-likeness (QED) is 0.747. The molecule has 3 atom stereocenters.